The fraction of sp³-hybridized carbons (Fsp3) is 0.333. The number of phenolic OH excluding ortho intramolecular Hbond substituents is 1. The van der Waals surface area contributed by atoms with E-state index in [4.69, 9.17) is 0 Å². The Bertz CT molecular complexity index is 957. The number of para-hydroxylation sites is 1. The summed E-state index contributed by atoms with van der Waals surface area (Å²) < 4.78 is 1.54. The average molecular weight is 412 g/mol. The highest BCUT2D eigenvalue weighted by Gasteiger charge is 2.17. The predicted molar refractivity (Wildman–Crippen MR) is 115 cm³/mol. The zero-order valence-electron chi connectivity index (χ0n) is 17.0. The van der Waals surface area contributed by atoms with E-state index >= 15 is 0 Å². The van der Waals surface area contributed by atoms with E-state index in [0.29, 0.717) is 22.7 Å². The summed E-state index contributed by atoms with van der Waals surface area (Å²) in [7, 11) is 0. The van der Waals surface area contributed by atoms with Crippen LogP contribution in [-0.4, -0.2) is 37.0 Å². The third-order valence-electron chi connectivity index (χ3n) is 4.50. The zero-order chi connectivity index (χ0) is 21.0. The van der Waals surface area contributed by atoms with E-state index in [0.717, 1.165) is 16.8 Å². The lowest BCUT2D eigenvalue weighted by Gasteiger charge is -2.20. The molecule has 29 heavy (non-hydrogen) atoms. The number of rotatable bonds is 7. The first-order chi connectivity index (χ1) is 13.9. The van der Waals surface area contributed by atoms with Gasteiger partial charge in [-0.15, -0.1) is 5.10 Å². The van der Waals surface area contributed by atoms with Gasteiger partial charge in [0.15, 0.2) is 0 Å². The van der Waals surface area contributed by atoms with Crippen LogP contribution in [-0.2, 0) is 4.79 Å². The van der Waals surface area contributed by atoms with Gasteiger partial charge in [0.1, 0.15) is 5.75 Å². The number of hydrogen-bond acceptors (Lipinski definition) is 6. The van der Waals surface area contributed by atoms with Crippen molar-refractivity contribution in [1.82, 2.24) is 20.2 Å². The standard InChI is InChI=1S/C21H25N5O2S/c1-13(2)17-6-5-7-18(14(3)4)20(17)22-19(28)12-29-21-23-24-25-26(21)15-8-10-16(27)11-9-15/h5-11,13-14,27H,12H2,1-4H3,(H,22,28). The van der Waals surface area contributed by atoms with Crippen molar-refractivity contribution in [2.75, 3.05) is 11.1 Å². The van der Waals surface area contributed by atoms with Crippen LogP contribution in [0.25, 0.3) is 5.69 Å². The molecule has 2 aromatic carbocycles. The molecule has 8 heteroatoms. The average Bonchev–Trinajstić information content (AvgIpc) is 3.15. The number of tetrazole rings is 1. The first-order valence-corrected chi connectivity index (χ1v) is 10.5. The lowest BCUT2D eigenvalue weighted by atomic mass is 9.92. The van der Waals surface area contributed by atoms with Gasteiger partial charge < -0.3 is 10.4 Å². The Morgan fingerprint density at radius 2 is 1.69 bits per heavy atom. The van der Waals surface area contributed by atoms with E-state index in [-0.39, 0.29) is 17.4 Å². The first-order valence-electron chi connectivity index (χ1n) is 9.50. The van der Waals surface area contributed by atoms with E-state index in [9.17, 15) is 9.90 Å². The number of nitrogens with zero attached hydrogens (tertiary/aromatic N) is 4. The highest BCUT2D eigenvalue weighted by atomic mass is 32.2. The minimum Gasteiger partial charge on any atom is -0.508 e. The fourth-order valence-electron chi connectivity index (χ4n) is 3.03. The van der Waals surface area contributed by atoms with Gasteiger partial charge in [0.25, 0.3) is 0 Å². The quantitative estimate of drug-likeness (QED) is 0.562. The van der Waals surface area contributed by atoms with Gasteiger partial charge in [0.2, 0.25) is 11.1 Å². The van der Waals surface area contributed by atoms with E-state index in [1.807, 2.05) is 6.07 Å². The number of anilines is 1. The molecule has 0 aliphatic rings. The van der Waals surface area contributed by atoms with Crippen LogP contribution in [0.4, 0.5) is 5.69 Å². The number of aromatic nitrogens is 4. The Morgan fingerprint density at radius 1 is 1.07 bits per heavy atom. The lowest BCUT2D eigenvalue weighted by Crippen LogP contribution is -2.18. The highest BCUT2D eigenvalue weighted by molar-refractivity contribution is 7.99. The maximum atomic E-state index is 12.7. The molecule has 0 atom stereocenters. The third kappa shape index (κ3) is 4.95. The molecule has 0 aliphatic heterocycles. The normalized spacial score (nSPS) is 11.2. The molecule has 152 valence electrons. The number of phenols is 1. The maximum Gasteiger partial charge on any atom is 0.234 e. The zero-order valence-corrected chi connectivity index (χ0v) is 17.8. The Kier molecular flexibility index (Phi) is 6.53. The Hall–Kier alpha value is -2.87. The molecule has 0 fully saturated rings. The van der Waals surface area contributed by atoms with Crippen molar-refractivity contribution in [3.8, 4) is 11.4 Å². The van der Waals surface area contributed by atoms with Gasteiger partial charge >= 0.3 is 0 Å². The first kappa shape index (κ1) is 20.9. The monoisotopic (exact) mass is 411 g/mol. The molecule has 0 unspecified atom stereocenters. The van der Waals surface area contributed by atoms with E-state index in [1.54, 1.807) is 28.9 Å². The van der Waals surface area contributed by atoms with Crippen molar-refractivity contribution < 1.29 is 9.90 Å². The van der Waals surface area contributed by atoms with Crippen molar-refractivity contribution in [3.63, 3.8) is 0 Å². The van der Waals surface area contributed by atoms with Gasteiger partial charge in [-0.25, -0.2) is 0 Å². The molecule has 1 heterocycles. The van der Waals surface area contributed by atoms with Crippen molar-refractivity contribution in [3.05, 3.63) is 53.6 Å². The summed E-state index contributed by atoms with van der Waals surface area (Å²) in [5, 5.41) is 24.7. The molecule has 7 nitrogen and oxygen atoms in total. The Morgan fingerprint density at radius 3 is 2.28 bits per heavy atom. The second-order valence-corrected chi connectivity index (χ2v) is 8.29. The van der Waals surface area contributed by atoms with Crippen molar-refractivity contribution in [2.24, 2.45) is 0 Å². The minimum atomic E-state index is -0.106. The Balaban J connectivity index is 1.74. The largest absolute Gasteiger partial charge is 0.508 e. The van der Waals surface area contributed by atoms with Crippen molar-refractivity contribution >= 4 is 23.4 Å². The second-order valence-electron chi connectivity index (χ2n) is 7.35. The van der Waals surface area contributed by atoms with E-state index in [1.165, 1.54) is 11.8 Å². The van der Waals surface area contributed by atoms with Crippen molar-refractivity contribution in [2.45, 2.75) is 44.7 Å². The number of benzene rings is 2. The molecule has 1 amide bonds. The molecular weight excluding hydrogens is 386 g/mol. The molecule has 3 aromatic rings. The third-order valence-corrected chi connectivity index (χ3v) is 5.42. The van der Waals surface area contributed by atoms with Crippen molar-refractivity contribution in [1.29, 1.82) is 0 Å². The molecule has 0 saturated carbocycles. The number of aromatic hydroxyl groups is 1. The molecule has 1 aromatic heterocycles. The van der Waals surface area contributed by atoms with Crippen LogP contribution in [0, 0.1) is 0 Å². The van der Waals surface area contributed by atoms with Gasteiger partial charge in [0, 0.05) is 5.69 Å². The fourth-order valence-corrected chi connectivity index (χ4v) is 3.72. The summed E-state index contributed by atoms with van der Waals surface area (Å²) >= 11 is 1.26. The molecule has 0 aliphatic carbocycles. The number of carbonyl (C=O) groups excluding carboxylic acids is 1. The van der Waals surface area contributed by atoms with Gasteiger partial charge in [-0.05, 0) is 57.7 Å². The highest BCUT2D eigenvalue weighted by Crippen LogP contribution is 2.32. The van der Waals surface area contributed by atoms with Crippen LogP contribution in [0.5, 0.6) is 5.75 Å². The molecular formula is C21H25N5O2S. The summed E-state index contributed by atoms with van der Waals surface area (Å²) in [6, 6.07) is 12.7. The number of nitrogens with one attached hydrogen (secondary N) is 1. The van der Waals surface area contributed by atoms with Crippen LogP contribution in [0.2, 0.25) is 0 Å². The minimum absolute atomic E-state index is 0.106. The number of carbonyl (C=O) groups is 1. The number of amides is 1. The molecule has 0 saturated heterocycles. The second kappa shape index (κ2) is 9.09. The van der Waals surface area contributed by atoms with E-state index in [2.05, 4.69) is 60.7 Å². The summed E-state index contributed by atoms with van der Waals surface area (Å²) in [6.07, 6.45) is 0. The molecule has 0 spiro atoms. The van der Waals surface area contributed by atoms with Crippen LogP contribution < -0.4 is 5.32 Å². The van der Waals surface area contributed by atoms with Gasteiger partial charge in [0.05, 0.1) is 11.4 Å². The molecule has 2 N–H and O–H groups in total. The summed E-state index contributed by atoms with van der Waals surface area (Å²) in [5.74, 6) is 0.852. The van der Waals surface area contributed by atoms with Crippen LogP contribution >= 0.6 is 11.8 Å². The maximum absolute atomic E-state index is 12.7. The van der Waals surface area contributed by atoms with Crippen LogP contribution in [0.15, 0.2) is 47.6 Å². The molecule has 3 rings (SSSR count). The predicted octanol–water partition coefficient (Wildman–Crippen LogP) is 4.35. The topological polar surface area (TPSA) is 92.9 Å². The lowest BCUT2D eigenvalue weighted by molar-refractivity contribution is -0.113. The van der Waals surface area contributed by atoms with Gasteiger partial charge in [-0.1, -0.05) is 57.7 Å². The number of hydrogen-bond donors (Lipinski definition) is 2. The van der Waals surface area contributed by atoms with Crippen LogP contribution in [0.1, 0.15) is 50.7 Å². The van der Waals surface area contributed by atoms with E-state index < -0.39 is 0 Å². The van der Waals surface area contributed by atoms with Crippen LogP contribution in [0.3, 0.4) is 0 Å². The smallest absolute Gasteiger partial charge is 0.234 e. The Labute approximate surface area is 174 Å². The summed E-state index contributed by atoms with van der Waals surface area (Å²) in [6.45, 7) is 8.48. The van der Waals surface area contributed by atoms with Gasteiger partial charge in [-0.2, -0.15) is 4.68 Å². The SMILES string of the molecule is CC(C)c1cccc(C(C)C)c1NC(=O)CSc1nnnn1-c1ccc(O)cc1. The molecule has 0 bridgehead atoms. The van der Waals surface area contributed by atoms with Gasteiger partial charge in [-0.3, -0.25) is 4.79 Å². The summed E-state index contributed by atoms with van der Waals surface area (Å²) in [4.78, 5) is 12.7. The summed E-state index contributed by atoms with van der Waals surface area (Å²) in [5.41, 5.74) is 3.87. The number of thioether (sulfide) groups is 1. The molecule has 0 radical (unpaired) electrons.